The maximum absolute atomic E-state index is 12.1. The van der Waals surface area contributed by atoms with Crippen LogP contribution in [0.1, 0.15) is 40.0 Å². The van der Waals surface area contributed by atoms with Crippen LogP contribution in [0.3, 0.4) is 0 Å². The van der Waals surface area contributed by atoms with Crippen molar-refractivity contribution in [3.05, 3.63) is 40.7 Å². The van der Waals surface area contributed by atoms with Gasteiger partial charge in [0, 0.05) is 18.1 Å². The third-order valence-electron chi connectivity index (χ3n) is 3.80. The van der Waals surface area contributed by atoms with Crippen molar-refractivity contribution in [2.24, 2.45) is 5.73 Å². The molecule has 0 saturated heterocycles. The second-order valence-corrected chi connectivity index (χ2v) is 5.08. The number of fused-ring (bicyclic) bond motifs is 3. The summed E-state index contributed by atoms with van der Waals surface area (Å²) >= 11 is 0. The van der Waals surface area contributed by atoms with E-state index in [0.717, 1.165) is 25.0 Å². The van der Waals surface area contributed by atoms with Crippen LogP contribution in [0.4, 0.5) is 0 Å². The fourth-order valence-electron chi connectivity index (χ4n) is 3.02. The highest BCUT2D eigenvalue weighted by atomic mass is 16.1. The number of nitrogens with two attached hydrogens (primary N) is 1. The highest BCUT2D eigenvalue weighted by molar-refractivity contribution is 5.99. The molecule has 0 fully saturated rings. The molecule has 3 heteroatoms. The topological polar surface area (TPSA) is 47.5 Å². The summed E-state index contributed by atoms with van der Waals surface area (Å²) in [7, 11) is 0. The Morgan fingerprint density at radius 3 is 3.00 bits per heavy atom. The van der Waals surface area contributed by atoms with Crippen LogP contribution >= 0.6 is 0 Å². The number of Topliss-reactive ketones (excluding diaryl/α,β-unsaturated/α-hetero) is 1. The van der Waals surface area contributed by atoms with Gasteiger partial charge in [-0.25, -0.2) is 0 Å². The fraction of sp³-hybridized carbons (Fsp3) is 0.400. The van der Waals surface area contributed by atoms with Crippen LogP contribution in [-0.2, 0) is 12.8 Å². The Bertz CT molecular complexity index is 625. The summed E-state index contributed by atoms with van der Waals surface area (Å²) < 4.78 is 2.06. The molecule has 0 amide bonds. The lowest BCUT2D eigenvalue weighted by Gasteiger charge is -2.12. The van der Waals surface area contributed by atoms with Crippen LogP contribution in [0, 0.1) is 6.92 Å². The fourth-order valence-corrected chi connectivity index (χ4v) is 3.02. The second kappa shape index (κ2) is 4.25. The molecule has 3 nitrogen and oxygen atoms in total. The van der Waals surface area contributed by atoms with E-state index in [-0.39, 0.29) is 5.78 Å². The van der Waals surface area contributed by atoms with Crippen LogP contribution < -0.4 is 5.73 Å². The van der Waals surface area contributed by atoms with E-state index in [1.54, 1.807) is 0 Å². The van der Waals surface area contributed by atoms with Crippen molar-refractivity contribution < 1.29 is 4.79 Å². The van der Waals surface area contributed by atoms with Crippen molar-refractivity contribution in [3.8, 4) is 0 Å². The normalized spacial score (nSPS) is 15.1. The Morgan fingerprint density at radius 1 is 1.39 bits per heavy atom. The van der Waals surface area contributed by atoms with Gasteiger partial charge in [-0.15, -0.1) is 0 Å². The standard InChI is InChI=1S/C15H18N2O/c1-10-6-8-17-13(9-10)11(5-7-16)12-3-2-4-14(18)15(12)17/h6,8-9H,2-5,7,16H2,1H3. The zero-order chi connectivity index (χ0) is 12.7. The number of rotatable bonds is 2. The molecule has 94 valence electrons. The largest absolute Gasteiger partial charge is 0.330 e. The first-order chi connectivity index (χ1) is 8.72. The van der Waals surface area contributed by atoms with Gasteiger partial charge < -0.3 is 10.1 Å². The van der Waals surface area contributed by atoms with E-state index >= 15 is 0 Å². The summed E-state index contributed by atoms with van der Waals surface area (Å²) in [4.78, 5) is 12.1. The van der Waals surface area contributed by atoms with Crippen molar-refractivity contribution >= 4 is 11.3 Å². The zero-order valence-electron chi connectivity index (χ0n) is 10.7. The Hall–Kier alpha value is -1.61. The third kappa shape index (κ3) is 1.58. The predicted octanol–water partition coefficient (Wildman–Crippen LogP) is 2.27. The van der Waals surface area contributed by atoms with E-state index in [0.29, 0.717) is 13.0 Å². The van der Waals surface area contributed by atoms with Gasteiger partial charge in [-0.3, -0.25) is 4.79 Å². The van der Waals surface area contributed by atoms with Gasteiger partial charge in [0.2, 0.25) is 0 Å². The molecule has 2 aromatic heterocycles. The van der Waals surface area contributed by atoms with E-state index in [1.807, 2.05) is 6.20 Å². The Balaban J connectivity index is 2.36. The lowest BCUT2D eigenvalue weighted by atomic mass is 9.92. The number of aryl methyl sites for hydroxylation is 1. The van der Waals surface area contributed by atoms with E-state index < -0.39 is 0 Å². The SMILES string of the molecule is Cc1ccn2c3c(c(CCN)c2c1)CCCC3=O. The van der Waals surface area contributed by atoms with Gasteiger partial charge in [0.1, 0.15) is 0 Å². The summed E-state index contributed by atoms with van der Waals surface area (Å²) in [5.41, 5.74) is 11.5. The molecule has 2 N–H and O–H groups in total. The molecule has 0 atom stereocenters. The molecular formula is C15H18N2O. The van der Waals surface area contributed by atoms with Gasteiger partial charge in [-0.1, -0.05) is 0 Å². The summed E-state index contributed by atoms with van der Waals surface area (Å²) in [5.74, 6) is 0.276. The molecule has 18 heavy (non-hydrogen) atoms. The van der Waals surface area contributed by atoms with Crippen molar-refractivity contribution in [1.82, 2.24) is 4.40 Å². The first kappa shape index (κ1) is 11.5. The van der Waals surface area contributed by atoms with E-state index in [4.69, 9.17) is 5.73 Å². The minimum absolute atomic E-state index is 0.276. The quantitative estimate of drug-likeness (QED) is 0.878. The molecule has 3 rings (SSSR count). The average molecular weight is 242 g/mol. The summed E-state index contributed by atoms with van der Waals surface area (Å²) in [6.07, 6.45) is 5.54. The molecule has 1 aliphatic carbocycles. The number of hydrogen-bond acceptors (Lipinski definition) is 2. The zero-order valence-corrected chi connectivity index (χ0v) is 10.7. The molecule has 0 radical (unpaired) electrons. The van der Waals surface area contributed by atoms with Crippen molar-refractivity contribution in [3.63, 3.8) is 0 Å². The van der Waals surface area contributed by atoms with E-state index in [2.05, 4.69) is 23.5 Å². The van der Waals surface area contributed by atoms with Gasteiger partial charge in [0.05, 0.1) is 5.69 Å². The summed E-state index contributed by atoms with van der Waals surface area (Å²) in [5, 5.41) is 0. The lowest BCUT2D eigenvalue weighted by Crippen LogP contribution is -2.13. The van der Waals surface area contributed by atoms with Crippen LogP contribution in [-0.4, -0.2) is 16.7 Å². The second-order valence-electron chi connectivity index (χ2n) is 5.08. The molecule has 0 bridgehead atoms. The van der Waals surface area contributed by atoms with Crippen LogP contribution in [0.2, 0.25) is 0 Å². The predicted molar refractivity (Wildman–Crippen MR) is 72.2 cm³/mol. The molecule has 0 aromatic carbocycles. The minimum Gasteiger partial charge on any atom is -0.330 e. The monoisotopic (exact) mass is 242 g/mol. The summed E-state index contributed by atoms with van der Waals surface area (Å²) in [6, 6.07) is 4.22. The highest BCUT2D eigenvalue weighted by Crippen LogP contribution is 2.31. The molecule has 0 unspecified atom stereocenters. The van der Waals surface area contributed by atoms with E-state index in [1.165, 1.54) is 22.2 Å². The molecule has 0 saturated carbocycles. The molecule has 2 heterocycles. The number of aromatic nitrogens is 1. The van der Waals surface area contributed by atoms with Gasteiger partial charge in [-0.2, -0.15) is 0 Å². The Kier molecular flexibility index (Phi) is 2.71. The van der Waals surface area contributed by atoms with Crippen LogP contribution in [0.15, 0.2) is 18.3 Å². The maximum Gasteiger partial charge on any atom is 0.179 e. The Morgan fingerprint density at radius 2 is 2.22 bits per heavy atom. The highest BCUT2D eigenvalue weighted by Gasteiger charge is 2.25. The number of hydrogen-bond donors (Lipinski definition) is 1. The van der Waals surface area contributed by atoms with Gasteiger partial charge in [-0.05, 0) is 61.6 Å². The molecular weight excluding hydrogens is 224 g/mol. The first-order valence-corrected chi connectivity index (χ1v) is 6.58. The lowest BCUT2D eigenvalue weighted by molar-refractivity contribution is 0.0966. The maximum atomic E-state index is 12.1. The third-order valence-corrected chi connectivity index (χ3v) is 3.80. The summed E-state index contributed by atoms with van der Waals surface area (Å²) in [6.45, 7) is 2.72. The van der Waals surface area contributed by atoms with Gasteiger partial charge >= 0.3 is 0 Å². The van der Waals surface area contributed by atoms with Crippen LogP contribution in [0.25, 0.3) is 5.52 Å². The molecule has 1 aliphatic rings. The number of carbonyl (C=O) groups excluding carboxylic acids is 1. The van der Waals surface area contributed by atoms with E-state index in [9.17, 15) is 4.79 Å². The smallest absolute Gasteiger partial charge is 0.179 e. The molecule has 0 aliphatic heterocycles. The minimum atomic E-state index is 0.276. The van der Waals surface area contributed by atoms with Crippen molar-refractivity contribution in [2.75, 3.05) is 6.54 Å². The van der Waals surface area contributed by atoms with Crippen LogP contribution in [0.5, 0.6) is 0 Å². The van der Waals surface area contributed by atoms with Gasteiger partial charge in [0.25, 0.3) is 0 Å². The number of pyridine rings is 1. The molecule has 2 aromatic rings. The van der Waals surface area contributed by atoms with Gasteiger partial charge in [0.15, 0.2) is 5.78 Å². The van der Waals surface area contributed by atoms with Crippen molar-refractivity contribution in [2.45, 2.75) is 32.6 Å². The number of ketones is 1. The number of nitrogens with zero attached hydrogens (tertiary/aromatic N) is 1. The molecule has 0 spiro atoms. The number of carbonyl (C=O) groups is 1. The first-order valence-electron chi connectivity index (χ1n) is 6.58. The van der Waals surface area contributed by atoms with Crippen molar-refractivity contribution in [1.29, 1.82) is 0 Å². The average Bonchev–Trinajstić information content (AvgIpc) is 2.66. The Labute approximate surface area is 107 Å².